The van der Waals surface area contributed by atoms with Crippen LogP contribution in [-0.4, -0.2) is 18.3 Å². The highest BCUT2D eigenvalue weighted by Gasteiger charge is 2.04. The maximum atomic E-state index is 11.8. The average molecular weight is 270 g/mol. The Morgan fingerprint density at radius 2 is 1.95 bits per heavy atom. The van der Waals surface area contributed by atoms with Crippen molar-refractivity contribution in [1.82, 2.24) is 4.57 Å². The normalized spacial score (nSPS) is 9.80. The Kier molecular flexibility index (Phi) is 4.40. The van der Waals surface area contributed by atoms with Crippen molar-refractivity contribution in [3.05, 3.63) is 58.5 Å². The first-order chi connectivity index (χ1) is 9.76. The van der Waals surface area contributed by atoms with Gasteiger partial charge in [0.05, 0.1) is 13.7 Å². The third-order valence-electron chi connectivity index (χ3n) is 2.80. The molecule has 2 rings (SSSR count). The third-order valence-corrected chi connectivity index (χ3v) is 2.80. The Morgan fingerprint density at radius 1 is 1.20 bits per heavy atom. The highest BCUT2D eigenvalue weighted by molar-refractivity contribution is 5.39. The van der Waals surface area contributed by atoms with Gasteiger partial charge in [-0.15, -0.1) is 0 Å². The summed E-state index contributed by atoms with van der Waals surface area (Å²) in [5, 5.41) is 8.80. The lowest BCUT2D eigenvalue weighted by molar-refractivity contribution is 0.278. The van der Waals surface area contributed by atoms with Crippen LogP contribution < -0.4 is 15.0 Å². The second kappa shape index (κ2) is 6.43. The Balaban J connectivity index is 2.04. The first kappa shape index (κ1) is 13.7. The molecule has 0 bridgehead atoms. The van der Waals surface area contributed by atoms with E-state index in [2.05, 4.69) is 0 Å². The summed E-state index contributed by atoms with van der Waals surface area (Å²) < 4.78 is 12.2. The molecule has 0 saturated heterocycles. The molecule has 20 heavy (non-hydrogen) atoms. The van der Waals surface area contributed by atoms with Gasteiger partial charge in [-0.2, -0.15) is 5.26 Å². The second-order valence-corrected chi connectivity index (χ2v) is 4.03. The minimum absolute atomic E-state index is 0.129. The summed E-state index contributed by atoms with van der Waals surface area (Å²) in [4.78, 5) is 11.8. The highest BCUT2D eigenvalue weighted by atomic mass is 16.5. The predicted octanol–water partition coefficient (Wildman–Crippen LogP) is 1.81. The van der Waals surface area contributed by atoms with Crippen molar-refractivity contribution in [3.63, 3.8) is 0 Å². The molecule has 1 heterocycles. The zero-order valence-electron chi connectivity index (χ0n) is 11.1. The number of para-hydroxylation sites is 2. The van der Waals surface area contributed by atoms with E-state index in [1.807, 2.05) is 18.2 Å². The van der Waals surface area contributed by atoms with Crippen LogP contribution >= 0.6 is 0 Å². The topological polar surface area (TPSA) is 64.2 Å². The van der Waals surface area contributed by atoms with Gasteiger partial charge in [0.1, 0.15) is 18.2 Å². The number of ether oxygens (including phenoxy) is 2. The molecule has 0 aliphatic heterocycles. The number of pyridine rings is 1. The molecule has 5 nitrogen and oxygen atoms in total. The highest BCUT2D eigenvalue weighted by Crippen LogP contribution is 2.25. The second-order valence-electron chi connectivity index (χ2n) is 4.03. The summed E-state index contributed by atoms with van der Waals surface area (Å²) in [6, 6.07) is 12.3. The van der Waals surface area contributed by atoms with Crippen molar-refractivity contribution in [2.24, 2.45) is 0 Å². The van der Waals surface area contributed by atoms with E-state index in [0.717, 1.165) is 0 Å². The maximum Gasteiger partial charge on any atom is 0.268 e. The monoisotopic (exact) mass is 270 g/mol. The van der Waals surface area contributed by atoms with Crippen LogP contribution in [0.25, 0.3) is 0 Å². The van der Waals surface area contributed by atoms with Crippen molar-refractivity contribution in [2.45, 2.75) is 6.54 Å². The molecule has 0 aliphatic carbocycles. The molecule has 1 aromatic carbocycles. The van der Waals surface area contributed by atoms with Crippen LogP contribution in [0.15, 0.2) is 47.4 Å². The summed E-state index contributed by atoms with van der Waals surface area (Å²) in [6.45, 7) is 0.682. The summed E-state index contributed by atoms with van der Waals surface area (Å²) >= 11 is 0. The lowest BCUT2D eigenvalue weighted by Crippen LogP contribution is -2.24. The summed E-state index contributed by atoms with van der Waals surface area (Å²) in [5.41, 5.74) is -0.177. The minimum atomic E-state index is -0.307. The van der Waals surface area contributed by atoms with Gasteiger partial charge in [-0.1, -0.05) is 12.1 Å². The number of nitriles is 1. The van der Waals surface area contributed by atoms with Gasteiger partial charge in [-0.25, -0.2) is 0 Å². The van der Waals surface area contributed by atoms with Crippen LogP contribution in [-0.2, 0) is 6.54 Å². The molecule has 0 fully saturated rings. The number of methoxy groups -OCH3 is 1. The van der Waals surface area contributed by atoms with Crippen molar-refractivity contribution in [2.75, 3.05) is 13.7 Å². The molecule has 2 aromatic rings. The molecule has 0 radical (unpaired) electrons. The molecule has 0 N–H and O–H groups in total. The number of hydrogen-bond acceptors (Lipinski definition) is 4. The van der Waals surface area contributed by atoms with Crippen LogP contribution in [0.5, 0.6) is 11.5 Å². The van der Waals surface area contributed by atoms with Crippen LogP contribution in [0.2, 0.25) is 0 Å². The van der Waals surface area contributed by atoms with Gasteiger partial charge in [0.2, 0.25) is 0 Å². The van der Waals surface area contributed by atoms with Crippen molar-refractivity contribution >= 4 is 0 Å². The molecule has 0 saturated carbocycles. The smallest absolute Gasteiger partial charge is 0.268 e. The third kappa shape index (κ3) is 2.98. The number of hydrogen-bond donors (Lipinski definition) is 0. The van der Waals surface area contributed by atoms with Gasteiger partial charge in [0.25, 0.3) is 5.56 Å². The Bertz CT molecular complexity index is 686. The quantitative estimate of drug-likeness (QED) is 0.831. The Labute approximate surface area is 116 Å². The van der Waals surface area contributed by atoms with Crippen molar-refractivity contribution < 1.29 is 9.47 Å². The fourth-order valence-corrected chi connectivity index (χ4v) is 1.79. The van der Waals surface area contributed by atoms with Crippen molar-refractivity contribution in [3.8, 4) is 17.6 Å². The van der Waals surface area contributed by atoms with Crippen LogP contribution in [0, 0.1) is 11.3 Å². The van der Waals surface area contributed by atoms with Gasteiger partial charge >= 0.3 is 0 Å². The lowest BCUT2D eigenvalue weighted by atomic mass is 10.3. The lowest BCUT2D eigenvalue weighted by Gasteiger charge is -2.11. The predicted molar refractivity (Wildman–Crippen MR) is 73.9 cm³/mol. The molecule has 0 unspecified atom stereocenters. The molecular formula is C15H14N2O3. The summed E-state index contributed by atoms with van der Waals surface area (Å²) in [7, 11) is 1.57. The number of aromatic nitrogens is 1. The fourth-order valence-electron chi connectivity index (χ4n) is 1.79. The number of nitrogens with zero attached hydrogens (tertiary/aromatic N) is 2. The maximum absolute atomic E-state index is 11.8. The molecule has 0 atom stereocenters. The van der Waals surface area contributed by atoms with E-state index in [1.165, 1.54) is 10.6 Å². The van der Waals surface area contributed by atoms with E-state index in [0.29, 0.717) is 24.7 Å². The minimum Gasteiger partial charge on any atom is -0.493 e. The van der Waals surface area contributed by atoms with E-state index in [-0.39, 0.29) is 11.1 Å². The van der Waals surface area contributed by atoms with Gasteiger partial charge < -0.3 is 14.0 Å². The van der Waals surface area contributed by atoms with Gasteiger partial charge in [0.15, 0.2) is 11.5 Å². The van der Waals surface area contributed by atoms with E-state index in [4.69, 9.17) is 14.7 Å². The molecule has 0 aliphatic rings. The van der Waals surface area contributed by atoms with E-state index in [1.54, 1.807) is 31.5 Å². The van der Waals surface area contributed by atoms with E-state index in [9.17, 15) is 4.79 Å². The van der Waals surface area contributed by atoms with Crippen LogP contribution in [0.1, 0.15) is 5.56 Å². The standard InChI is InChI=1S/C15H14N2O3/c1-19-13-6-2-3-7-14(13)20-10-9-17-8-4-5-12(11-16)15(17)18/h2-8H,9-10H2,1H3. The fraction of sp³-hybridized carbons (Fsp3) is 0.200. The van der Waals surface area contributed by atoms with Crippen LogP contribution in [0.3, 0.4) is 0 Å². The summed E-state index contributed by atoms with van der Waals surface area (Å²) in [5.74, 6) is 1.27. The molecular weight excluding hydrogens is 256 g/mol. The van der Waals surface area contributed by atoms with E-state index < -0.39 is 0 Å². The zero-order chi connectivity index (χ0) is 14.4. The molecule has 102 valence electrons. The van der Waals surface area contributed by atoms with Gasteiger partial charge in [0, 0.05) is 6.20 Å². The Hall–Kier alpha value is -2.74. The summed E-state index contributed by atoms with van der Waals surface area (Å²) in [6.07, 6.45) is 1.63. The first-order valence-corrected chi connectivity index (χ1v) is 6.11. The largest absolute Gasteiger partial charge is 0.493 e. The molecule has 0 amide bonds. The van der Waals surface area contributed by atoms with E-state index >= 15 is 0 Å². The Morgan fingerprint density at radius 3 is 2.65 bits per heavy atom. The molecule has 1 aromatic heterocycles. The van der Waals surface area contributed by atoms with Crippen LogP contribution in [0.4, 0.5) is 0 Å². The SMILES string of the molecule is COc1ccccc1OCCn1cccc(C#N)c1=O. The zero-order valence-corrected chi connectivity index (χ0v) is 11.1. The van der Waals surface area contributed by atoms with Gasteiger partial charge in [-0.3, -0.25) is 4.79 Å². The average Bonchev–Trinajstić information content (AvgIpc) is 2.49. The number of rotatable bonds is 5. The number of benzene rings is 1. The molecule has 5 heteroatoms. The van der Waals surface area contributed by atoms with Gasteiger partial charge in [-0.05, 0) is 24.3 Å². The first-order valence-electron chi connectivity index (χ1n) is 6.11. The van der Waals surface area contributed by atoms with Crippen molar-refractivity contribution in [1.29, 1.82) is 5.26 Å². The molecule has 0 spiro atoms.